The number of rotatable bonds is 5. The number of thiol groups is 1. The first-order valence-corrected chi connectivity index (χ1v) is 10.4. The third kappa shape index (κ3) is 5.03. The molecule has 2 atom stereocenters. The van der Waals surface area contributed by atoms with E-state index >= 15 is 0 Å². The van der Waals surface area contributed by atoms with Crippen LogP contribution in [-0.2, 0) is 16.1 Å². The lowest BCUT2D eigenvalue weighted by molar-refractivity contribution is -0.151. The van der Waals surface area contributed by atoms with Crippen molar-refractivity contribution in [2.75, 3.05) is 25.6 Å². The van der Waals surface area contributed by atoms with Crippen molar-refractivity contribution in [2.24, 2.45) is 11.8 Å². The Morgan fingerprint density at radius 1 is 1.27 bits per heavy atom. The Labute approximate surface area is 137 Å². The highest BCUT2D eigenvalue weighted by molar-refractivity contribution is 8.13. The molecule has 0 radical (unpaired) electrons. The van der Waals surface area contributed by atoms with Gasteiger partial charge in [-0.05, 0) is 43.3 Å². The quantitative estimate of drug-likeness (QED) is 0.662. The van der Waals surface area contributed by atoms with Crippen LogP contribution in [0.25, 0.3) is 0 Å². The van der Waals surface area contributed by atoms with E-state index in [9.17, 15) is 4.79 Å². The minimum atomic E-state index is -0.0439. The van der Waals surface area contributed by atoms with Crippen LogP contribution in [0, 0.1) is 11.8 Å². The van der Waals surface area contributed by atoms with Gasteiger partial charge >= 0.3 is 5.97 Å². The average molecular weight is 324 g/mol. The first-order valence-electron chi connectivity index (χ1n) is 8.20. The van der Waals surface area contributed by atoms with Crippen LogP contribution in [0.2, 0.25) is 0 Å². The molecule has 2 unspecified atom stereocenters. The summed E-state index contributed by atoms with van der Waals surface area (Å²) in [6, 6.07) is 9.90. The number of esters is 1. The molecule has 22 heavy (non-hydrogen) atoms. The second-order valence-corrected chi connectivity index (χ2v) is 8.63. The lowest BCUT2D eigenvalue weighted by atomic mass is 9.88. The van der Waals surface area contributed by atoms with Crippen molar-refractivity contribution in [2.45, 2.75) is 32.8 Å². The summed E-state index contributed by atoms with van der Waals surface area (Å²) >= 11 is -0.00919. The molecule has 1 aromatic carbocycles. The third-order valence-corrected chi connectivity index (χ3v) is 6.15. The van der Waals surface area contributed by atoms with E-state index in [2.05, 4.69) is 16.8 Å². The normalized spacial score (nSPS) is 21.8. The van der Waals surface area contributed by atoms with Gasteiger partial charge in [-0.2, -0.15) is 0 Å². The summed E-state index contributed by atoms with van der Waals surface area (Å²) in [6.07, 6.45) is 8.07. The van der Waals surface area contributed by atoms with Gasteiger partial charge < -0.3 is 4.74 Å². The van der Waals surface area contributed by atoms with E-state index in [-0.39, 0.29) is 23.0 Å². The standard InChI is InChI=1S/C18H29NO2S/c1-15(17-10-7-12-19(13-11-17)22(2)3)18(20)21-14-16-8-5-4-6-9-16/h4-6,8-9,15,17,22H,7,10-14H2,1-3H3. The van der Waals surface area contributed by atoms with E-state index in [4.69, 9.17) is 4.74 Å². The van der Waals surface area contributed by atoms with Gasteiger partial charge in [0.05, 0.1) is 5.92 Å². The molecule has 2 rings (SSSR count). The Bertz CT molecular complexity index is 463. The molecule has 1 aromatic rings. The zero-order valence-electron chi connectivity index (χ0n) is 14.0. The molecule has 124 valence electrons. The van der Waals surface area contributed by atoms with Gasteiger partial charge in [-0.25, -0.2) is 11.1 Å². The van der Waals surface area contributed by atoms with E-state index in [1.807, 2.05) is 37.3 Å². The third-order valence-electron chi connectivity index (χ3n) is 4.62. The molecule has 0 N–H and O–H groups in total. The second-order valence-electron chi connectivity index (χ2n) is 6.37. The Morgan fingerprint density at radius 3 is 2.68 bits per heavy atom. The van der Waals surface area contributed by atoms with Crippen molar-refractivity contribution in [1.82, 2.24) is 4.31 Å². The van der Waals surface area contributed by atoms with Gasteiger partial charge in [0.15, 0.2) is 0 Å². The minimum Gasteiger partial charge on any atom is -0.461 e. The van der Waals surface area contributed by atoms with Gasteiger partial charge in [-0.15, -0.1) is 0 Å². The van der Waals surface area contributed by atoms with Crippen molar-refractivity contribution in [1.29, 1.82) is 0 Å². The van der Waals surface area contributed by atoms with Crippen LogP contribution in [0.4, 0.5) is 0 Å². The molecule has 4 heteroatoms. The highest BCUT2D eigenvalue weighted by atomic mass is 32.2. The molecular formula is C18H29NO2S. The van der Waals surface area contributed by atoms with Gasteiger partial charge in [-0.1, -0.05) is 37.3 Å². The van der Waals surface area contributed by atoms with Crippen molar-refractivity contribution >= 4 is 17.1 Å². The molecule has 1 heterocycles. The second kappa shape index (κ2) is 8.59. The fourth-order valence-corrected chi connectivity index (χ4v) is 4.12. The summed E-state index contributed by atoms with van der Waals surface area (Å²) in [6.45, 7) is 4.73. The largest absolute Gasteiger partial charge is 0.461 e. The molecule has 0 aromatic heterocycles. The fourth-order valence-electron chi connectivity index (χ4n) is 3.06. The van der Waals surface area contributed by atoms with Gasteiger partial charge in [0, 0.05) is 13.1 Å². The zero-order valence-corrected chi connectivity index (χ0v) is 14.9. The predicted octanol–water partition coefficient (Wildman–Crippen LogP) is 3.64. The minimum absolute atomic E-state index is 0.00334. The molecule has 0 aliphatic carbocycles. The molecular weight excluding hydrogens is 294 g/mol. The number of benzene rings is 1. The monoisotopic (exact) mass is 323 g/mol. The van der Waals surface area contributed by atoms with Crippen LogP contribution >= 0.6 is 11.1 Å². The molecule has 3 nitrogen and oxygen atoms in total. The highest BCUT2D eigenvalue weighted by Gasteiger charge is 2.27. The Kier molecular flexibility index (Phi) is 6.77. The molecule has 1 aliphatic rings. The first-order chi connectivity index (χ1) is 10.6. The first kappa shape index (κ1) is 17.4. The van der Waals surface area contributed by atoms with Crippen LogP contribution in [-0.4, -0.2) is 35.9 Å². The smallest absolute Gasteiger partial charge is 0.309 e. The number of hydrogen-bond acceptors (Lipinski definition) is 3. The van der Waals surface area contributed by atoms with Crippen LogP contribution in [0.15, 0.2) is 30.3 Å². The maximum Gasteiger partial charge on any atom is 0.309 e. The van der Waals surface area contributed by atoms with Crippen molar-refractivity contribution in [3.63, 3.8) is 0 Å². The van der Waals surface area contributed by atoms with Crippen molar-refractivity contribution < 1.29 is 9.53 Å². The van der Waals surface area contributed by atoms with Crippen LogP contribution in [0.3, 0.4) is 0 Å². The van der Waals surface area contributed by atoms with Gasteiger partial charge in [0.2, 0.25) is 0 Å². The zero-order chi connectivity index (χ0) is 15.9. The number of hydrogen-bond donors (Lipinski definition) is 1. The van der Waals surface area contributed by atoms with E-state index in [1.54, 1.807) is 0 Å². The molecule has 0 amide bonds. The summed E-state index contributed by atoms with van der Waals surface area (Å²) in [5, 5.41) is 0. The van der Waals surface area contributed by atoms with Gasteiger partial charge in [-0.3, -0.25) is 9.10 Å². The van der Waals surface area contributed by atoms with E-state index in [0.29, 0.717) is 12.5 Å². The summed E-state index contributed by atoms with van der Waals surface area (Å²) in [5.41, 5.74) is 1.05. The number of carbonyl (C=O) groups is 1. The van der Waals surface area contributed by atoms with E-state index in [0.717, 1.165) is 24.9 Å². The summed E-state index contributed by atoms with van der Waals surface area (Å²) in [4.78, 5) is 12.3. The highest BCUT2D eigenvalue weighted by Crippen LogP contribution is 2.31. The maximum atomic E-state index is 12.3. The van der Waals surface area contributed by atoms with Crippen molar-refractivity contribution in [3.8, 4) is 0 Å². The Morgan fingerprint density at radius 2 is 2.00 bits per heavy atom. The number of carbonyl (C=O) groups excluding carboxylic acids is 1. The lowest BCUT2D eigenvalue weighted by Crippen LogP contribution is -2.25. The fraction of sp³-hybridized carbons (Fsp3) is 0.611. The Hall–Kier alpha value is -1.00. The van der Waals surface area contributed by atoms with E-state index < -0.39 is 0 Å². The Balaban J connectivity index is 1.82. The molecule has 1 aliphatic heterocycles. The van der Waals surface area contributed by atoms with Crippen LogP contribution < -0.4 is 0 Å². The van der Waals surface area contributed by atoms with Gasteiger partial charge in [0.25, 0.3) is 0 Å². The topological polar surface area (TPSA) is 29.5 Å². The summed E-state index contributed by atoms with van der Waals surface area (Å²) in [5.74, 6) is 0.421. The van der Waals surface area contributed by atoms with Gasteiger partial charge in [0.1, 0.15) is 6.61 Å². The average Bonchev–Trinajstić information content (AvgIpc) is 2.79. The SMILES string of the molecule is CC(C(=O)OCc1ccccc1)C1CCCN([SH](C)C)CC1. The summed E-state index contributed by atoms with van der Waals surface area (Å²) in [7, 11) is 0. The number of nitrogens with zero attached hydrogens (tertiary/aromatic N) is 1. The van der Waals surface area contributed by atoms with Crippen molar-refractivity contribution in [3.05, 3.63) is 35.9 Å². The molecule has 0 spiro atoms. The molecule has 1 saturated heterocycles. The van der Waals surface area contributed by atoms with Crippen LogP contribution in [0.1, 0.15) is 31.7 Å². The summed E-state index contributed by atoms with van der Waals surface area (Å²) < 4.78 is 8.09. The molecule has 1 fully saturated rings. The number of ether oxygens (including phenoxy) is 1. The van der Waals surface area contributed by atoms with E-state index in [1.165, 1.54) is 13.0 Å². The maximum absolute atomic E-state index is 12.3. The van der Waals surface area contributed by atoms with Crippen LogP contribution in [0.5, 0.6) is 0 Å². The molecule has 0 saturated carbocycles. The molecule has 0 bridgehead atoms. The lowest BCUT2D eigenvalue weighted by Gasteiger charge is -2.27. The predicted molar refractivity (Wildman–Crippen MR) is 95.2 cm³/mol.